The van der Waals surface area contributed by atoms with E-state index in [0.717, 1.165) is 0 Å². The van der Waals surface area contributed by atoms with E-state index in [4.69, 9.17) is 22.1 Å². The molecule has 0 saturated heterocycles. The molecule has 0 heterocycles. The highest BCUT2D eigenvalue weighted by atomic mass is 35.5. The minimum atomic E-state index is -0.508. The summed E-state index contributed by atoms with van der Waals surface area (Å²) in [6.07, 6.45) is 0.649. The van der Waals surface area contributed by atoms with Gasteiger partial charge >= 0.3 is 0 Å². The molecule has 0 spiro atoms. The van der Waals surface area contributed by atoms with Crippen LogP contribution < -0.4 is 15.8 Å². The van der Waals surface area contributed by atoms with Crippen LogP contribution in [0.5, 0.6) is 5.75 Å². The average Bonchev–Trinajstić information content (AvgIpc) is 2.28. The van der Waals surface area contributed by atoms with Gasteiger partial charge < -0.3 is 15.8 Å². The molecule has 0 aliphatic carbocycles. The molecule has 0 bridgehead atoms. The first-order chi connectivity index (χ1) is 8.43. The fourth-order valence-electron chi connectivity index (χ4n) is 1.59. The maximum Gasteiger partial charge on any atom is 0.241 e. The largest absolute Gasteiger partial charge is 0.495 e. The number of nitrogens with two attached hydrogens (primary N) is 1. The number of ether oxygens (including phenoxy) is 1. The Balaban J connectivity index is 0.00000324. The molecular formula is C13H20Cl2N2O2. The topological polar surface area (TPSA) is 64.3 Å². The minimum Gasteiger partial charge on any atom is -0.495 e. The van der Waals surface area contributed by atoms with Crippen molar-refractivity contribution in [1.29, 1.82) is 0 Å². The molecule has 0 unspecified atom stereocenters. The summed E-state index contributed by atoms with van der Waals surface area (Å²) in [5.74, 6) is 0.747. The van der Waals surface area contributed by atoms with Gasteiger partial charge in [-0.05, 0) is 30.5 Å². The Hall–Kier alpha value is -0.970. The summed E-state index contributed by atoms with van der Waals surface area (Å²) in [6.45, 7) is 4.05. The molecule has 1 rings (SSSR count). The number of anilines is 1. The summed E-state index contributed by atoms with van der Waals surface area (Å²) in [5.41, 5.74) is 6.41. The van der Waals surface area contributed by atoms with E-state index in [-0.39, 0.29) is 18.3 Å². The molecule has 1 atom stereocenters. The molecule has 0 aliphatic heterocycles. The van der Waals surface area contributed by atoms with Gasteiger partial charge in [0.1, 0.15) is 5.75 Å². The third-order valence-corrected chi connectivity index (χ3v) is 2.78. The lowest BCUT2D eigenvalue weighted by Crippen LogP contribution is -2.36. The van der Waals surface area contributed by atoms with E-state index in [2.05, 4.69) is 5.32 Å². The van der Waals surface area contributed by atoms with Crippen molar-refractivity contribution in [2.24, 2.45) is 11.7 Å². The van der Waals surface area contributed by atoms with Crippen LogP contribution in [0.1, 0.15) is 20.3 Å². The van der Waals surface area contributed by atoms with E-state index in [9.17, 15) is 4.79 Å². The van der Waals surface area contributed by atoms with Crippen molar-refractivity contribution in [2.45, 2.75) is 26.3 Å². The van der Waals surface area contributed by atoms with Gasteiger partial charge in [-0.2, -0.15) is 0 Å². The van der Waals surface area contributed by atoms with Crippen LogP contribution in [-0.2, 0) is 4.79 Å². The lowest BCUT2D eigenvalue weighted by molar-refractivity contribution is -0.117. The first-order valence-electron chi connectivity index (χ1n) is 5.84. The van der Waals surface area contributed by atoms with Crippen molar-refractivity contribution in [3.05, 3.63) is 23.2 Å². The number of benzene rings is 1. The molecule has 0 saturated carbocycles. The van der Waals surface area contributed by atoms with Crippen molar-refractivity contribution < 1.29 is 9.53 Å². The second kappa shape index (κ2) is 8.25. The Morgan fingerprint density at radius 1 is 1.47 bits per heavy atom. The maximum atomic E-state index is 11.8. The Bertz CT molecular complexity index is 425. The van der Waals surface area contributed by atoms with E-state index in [1.807, 2.05) is 13.8 Å². The number of halogens is 2. The summed E-state index contributed by atoms with van der Waals surface area (Å²) in [5, 5.41) is 3.19. The Morgan fingerprint density at radius 2 is 2.11 bits per heavy atom. The van der Waals surface area contributed by atoms with Crippen molar-refractivity contribution in [1.82, 2.24) is 0 Å². The smallest absolute Gasteiger partial charge is 0.241 e. The fraction of sp³-hybridized carbons (Fsp3) is 0.462. The quantitative estimate of drug-likeness (QED) is 0.878. The highest BCUT2D eigenvalue weighted by molar-refractivity contribution is 6.32. The highest BCUT2D eigenvalue weighted by Gasteiger charge is 2.15. The zero-order chi connectivity index (χ0) is 13.7. The SMILES string of the molecule is COc1ccc(NC(=O)[C@@H](N)CC(C)C)cc1Cl.Cl. The van der Waals surface area contributed by atoms with Gasteiger partial charge in [-0.25, -0.2) is 0 Å². The zero-order valence-electron chi connectivity index (χ0n) is 11.3. The number of carbonyl (C=O) groups excluding carboxylic acids is 1. The Labute approximate surface area is 125 Å². The number of hydrogen-bond acceptors (Lipinski definition) is 3. The number of carbonyl (C=O) groups is 1. The molecule has 1 aromatic carbocycles. The molecule has 4 nitrogen and oxygen atoms in total. The van der Waals surface area contributed by atoms with Crippen LogP contribution in [0.4, 0.5) is 5.69 Å². The second-order valence-electron chi connectivity index (χ2n) is 4.57. The van der Waals surface area contributed by atoms with Gasteiger partial charge in [-0.15, -0.1) is 12.4 Å². The molecule has 1 aromatic rings. The third-order valence-electron chi connectivity index (χ3n) is 2.48. The van der Waals surface area contributed by atoms with Gasteiger partial charge in [0.05, 0.1) is 18.2 Å². The first kappa shape index (κ1) is 18.0. The summed E-state index contributed by atoms with van der Waals surface area (Å²) < 4.78 is 5.04. The molecule has 0 fully saturated rings. The fourth-order valence-corrected chi connectivity index (χ4v) is 1.85. The van der Waals surface area contributed by atoms with E-state index in [0.29, 0.717) is 28.8 Å². The lowest BCUT2D eigenvalue weighted by atomic mass is 10.0. The van der Waals surface area contributed by atoms with E-state index < -0.39 is 6.04 Å². The van der Waals surface area contributed by atoms with Crippen LogP contribution in [0, 0.1) is 5.92 Å². The van der Waals surface area contributed by atoms with Crippen LogP contribution in [0.15, 0.2) is 18.2 Å². The van der Waals surface area contributed by atoms with Crippen LogP contribution in [0.25, 0.3) is 0 Å². The highest BCUT2D eigenvalue weighted by Crippen LogP contribution is 2.27. The molecule has 6 heteroatoms. The average molecular weight is 307 g/mol. The van der Waals surface area contributed by atoms with Gasteiger partial charge in [0.15, 0.2) is 0 Å². The predicted molar refractivity (Wildman–Crippen MR) is 81.3 cm³/mol. The van der Waals surface area contributed by atoms with E-state index in [1.54, 1.807) is 18.2 Å². The van der Waals surface area contributed by atoms with Crippen LogP contribution in [0.2, 0.25) is 5.02 Å². The number of nitrogens with one attached hydrogen (secondary N) is 1. The first-order valence-corrected chi connectivity index (χ1v) is 6.21. The molecule has 0 aliphatic rings. The molecule has 0 aromatic heterocycles. The van der Waals surface area contributed by atoms with Crippen LogP contribution >= 0.6 is 24.0 Å². The molecular weight excluding hydrogens is 287 g/mol. The zero-order valence-corrected chi connectivity index (χ0v) is 12.8. The number of hydrogen-bond donors (Lipinski definition) is 2. The standard InChI is InChI=1S/C13H19ClN2O2.ClH/c1-8(2)6-11(15)13(17)16-9-4-5-12(18-3)10(14)7-9;/h4-5,7-8,11H,6,15H2,1-3H3,(H,16,17);1H/t11-;/m0./s1. The predicted octanol–water partition coefficient (Wildman–Crippen LogP) is 3.08. The van der Waals surface area contributed by atoms with Gasteiger partial charge in [0.25, 0.3) is 0 Å². The van der Waals surface area contributed by atoms with Crippen molar-refractivity contribution in [3.8, 4) is 5.75 Å². The number of rotatable bonds is 5. The maximum absolute atomic E-state index is 11.8. The van der Waals surface area contributed by atoms with Crippen molar-refractivity contribution >= 4 is 35.6 Å². The number of methoxy groups -OCH3 is 1. The molecule has 1 amide bonds. The van der Waals surface area contributed by atoms with Crippen LogP contribution in [-0.4, -0.2) is 19.1 Å². The molecule has 108 valence electrons. The van der Waals surface area contributed by atoms with E-state index in [1.165, 1.54) is 7.11 Å². The van der Waals surface area contributed by atoms with Gasteiger partial charge in [0.2, 0.25) is 5.91 Å². The Kier molecular flexibility index (Phi) is 7.83. The van der Waals surface area contributed by atoms with Gasteiger partial charge in [-0.3, -0.25) is 4.79 Å². The van der Waals surface area contributed by atoms with Crippen LogP contribution in [0.3, 0.4) is 0 Å². The van der Waals surface area contributed by atoms with E-state index >= 15 is 0 Å². The number of amides is 1. The summed E-state index contributed by atoms with van der Waals surface area (Å²) in [4.78, 5) is 11.8. The summed E-state index contributed by atoms with van der Waals surface area (Å²) >= 11 is 5.97. The minimum absolute atomic E-state index is 0. The normalized spacial score (nSPS) is 11.7. The molecule has 3 N–H and O–H groups in total. The summed E-state index contributed by atoms with van der Waals surface area (Å²) in [7, 11) is 1.54. The van der Waals surface area contributed by atoms with Crippen molar-refractivity contribution in [2.75, 3.05) is 12.4 Å². The lowest BCUT2D eigenvalue weighted by Gasteiger charge is -2.14. The second-order valence-corrected chi connectivity index (χ2v) is 4.98. The Morgan fingerprint density at radius 3 is 2.58 bits per heavy atom. The monoisotopic (exact) mass is 306 g/mol. The third kappa shape index (κ3) is 5.68. The van der Waals surface area contributed by atoms with Crippen molar-refractivity contribution in [3.63, 3.8) is 0 Å². The van der Waals surface area contributed by atoms with Gasteiger partial charge in [0, 0.05) is 5.69 Å². The summed E-state index contributed by atoms with van der Waals surface area (Å²) in [6, 6.07) is 4.56. The molecule has 19 heavy (non-hydrogen) atoms. The molecule has 0 radical (unpaired) electrons. The van der Waals surface area contributed by atoms with Gasteiger partial charge in [-0.1, -0.05) is 25.4 Å².